The normalized spacial score (nSPS) is 15.8. The molecule has 18 heavy (non-hydrogen) atoms. The van der Waals surface area contributed by atoms with Gasteiger partial charge >= 0.3 is 0 Å². The molecule has 0 spiro atoms. The molecule has 1 atom stereocenters. The highest BCUT2D eigenvalue weighted by atomic mass is 32.2. The van der Waals surface area contributed by atoms with E-state index in [1.165, 1.54) is 12.1 Å². The Bertz CT molecular complexity index is 589. The smallest absolute Gasteiger partial charge is 0.179 e. The highest BCUT2D eigenvalue weighted by molar-refractivity contribution is 7.91. The first-order chi connectivity index (χ1) is 8.53. The van der Waals surface area contributed by atoms with Gasteiger partial charge in [0.05, 0.1) is 22.6 Å². The van der Waals surface area contributed by atoms with E-state index < -0.39 is 15.8 Å². The minimum atomic E-state index is -3.46. The lowest BCUT2D eigenvalue weighted by molar-refractivity contribution is 0.171. The molecule has 6 heteroatoms. The Morgan fingerprint density at radius 3 is 2.67 bits per heavy atom. The van der Waals surface area contributed by atoms with E-state index in [0.717, 1.165) is 0 Å². The SMILES string of the molecule is CC(C#N)CS(=O)(=O)c1ccc2c(c1)OCCO2. The summed E-state index contributed by atoms with van der Waals surface area (Å²) in [5.41, 5.74) is 0. The van der Waals surface area contributed by atoms with Crippen molar-refractivity contribution in [3.63, 3.8) is 0 Å². The van der Waals surface area contributed by atoms with Gasteiger partial charge in [-0.3, -0.25) is 0 Å². The molecule has 0 aliphatic carbocycles. The summed E-state index contributed by atoms with van der Waals surface area (Å²) < 4.78 is 34.7. The maximum atomic E-state index is 12.0. The summed E-state index contributed by atoms with van der Waals surface area (Å²) in [6.07, 6.45) is 0. The molecule has 1 aromatic carbocycles. The van der Waals surface area contributed by atoms with Crippen LogP contribution in [0.5, 0.6) is 11.5 Å². The zero-order valence-electron chi connectivity index (χ0n) is 9.92. The number of fused-ring (bicyclic) bond motifs is 1. The third-order valence-electron chi connectivity index (χ3n) is 2.56. The molecule has 0 bridgehead atoms. The Labute approximate surface area is 106 Å². The fraction of sp³-hybridized carbons (Fsp3) is 0.417. The minimum Gasteiger partial charge on any atom is -0.486 e. The minimum absolute atomic E-state index is 0.161. The summed E-state index contributed by atoms with van der Waals surface area (Å²) in [6.45, 7) is 2.45. The van der Waals surface area contributed by atoms with Crippen LogP contribution in [0.4, 0.5) is 0 Å². The molecule has 1 unspecified atom stereocenters. The lowest BCUT2D eigenvalue weighted by Crippen LogP contribution is -2.17. The second kappa shape index (κ2) is 4.86. The average Bonchev–Trinajstić information content (AvgIpc) is 2.37. The summed E-state index contributed by atoms with van der Waals surface area (Å²) in [5, 5.41) is 8.68. The Morgan fingerprint density at radius 2 is 2.00 bits per heavy atom. The van der Waals surface area contributed by atoms with Crippen molar-refractivity contribution in [3.05, 3.63) is 18.2 Å². The molecule has 1 aliphatic rings. The Balaban J connectivity index is 2.31. The van der Waals surface area contributed by atoms with Crippen LogP contribution in [0.25, 0.3) is 0 Å². The van der Waals surface area contributed by atoms with Gasteiger partial charge in [-0.2, -0.15) is 5.26 Å². The number of sulfone groups is 1. The van der Waals surface area contributed by atoms with Crippen molar-refractivity contribution >= 4 is 9.84 Å². The highest BCUT2D eigenvalue weighted by Gasteiger charge is 2.21. The van der Waals surface area contributed by atoms with E-state index in [2.05, 4.69) is 0 Å². The molecule has 1 heterocycles. The van der Waals surface area contributed by atoms with Crippen molar-refractivity contribution in [2.75, 3.05) is 19.0 Å². The molecule has 0 fully saturated rings. The molecule has 0 radical (unpaired) electrons. The van der Waals surface area contributed by atoms with E-state index in [-0.39, 0.29) is 10.6 Å². The zero-order chi connectivity index (χ0) is 13.2. The van der Waals surface area contributed by atoms with Crippen LogP contribution in [-0.2, 0) is 9.84 Å². The predicted octanol–water partition coefficient (Wildman–Crippen LogP) is 1.39. The van der Waals surface area contributed by atoms with Crippen LogP contribution in [0, 0.1) is 17.2 Å². The van der Waals surface area contributed by atoms with E-state index in [0.29, 0.717) is 24.7 Å². The van der Waals surface area contributed by atoms with Gasteiger partial charge in [0.1, 0.15) is 13.2 Å². The van der Waals surface area contributed by atoms with Gasteiger partial charge in [0.25, 0.3) is 0 Å². The van der Waals surface area contributed by atoms with Crippen molar-refractivity contribution in [2.24, 2.45) is 5.92 Å². The van der Waals surface area contributed by atoms with Crippen LogP contribution in [0.2, 0.25) is 0 Å². The largest absolute Gasteiger partial charge is 0.486 e. The third kappa shape index (κ3) is 2.57. The predicted molar refractivity (Wildman–Crippen MR) is 64.3 cm³/mol. The van der Waals surface area contributed by atoms with Crippen molar-refractivity contribution in [3.8, 4) is 17.6 Å². The van der Waals surface area contributed by atoms with Crippen molar-refractivity contribution in [1.29, 1.82) is 5.26 Å². The summed E-state index contributed by atoms with van der Waals surface area (Å²) in [6, 6.07) is 6.43. The average molecular weight is 267 g/mol. The van der Waals surface area contributed by atoms with Crippen LogP contribution in [0.15, 0.2) is 23.1 Å². The van der Waals surface area contributed by atoms with E-state index in [1.54, 1.807) is 13.0 Å². The molecule has 0 saturated carbocycles. The standard InChI is InChI=1S/C12H13NO4S/c1-9(7-13)8-18(14,15)10-2-3-11-12(6-10)17-5-4-16-11/h2-3,6,9H,4-5,8H2,1H3. The summed E-state index contributed by atoms with van der Waals surface area (Å²) >= 11 is 0. The molecule has 0 N–H and O–H groups in total. The molecule has 0 aromatic heterocycles. The first-order valence-electron chi connectivity index (χ1n) is 5.55. The molecular formula is C12H13NO4S. The molecule has 1 aliphatic heterocycles. The third-order valence-corrected chi connectivity index (χ3v) is 4.47. The number of hydrogen-bond acceptors (Lipinski definition) is 5. The van der Waals surface area contributed by atoms with Crippen LogP contribution >= 0.6 is 0 Å². The number of nitrogens with zero attached hydrogens (tertiary/aromatic N) is 1. The van der Waals surface area contributed by atoms with E-state index in [4.69, 9.17) is 14.7 Å². The summed E-state index contributed by atoms with van der Waals surface area (Å²) in [5.74, 6) is 0.257. The quantitative estimate of drug-likeness (QED) is 0.827. The van der Waals surface area contributed by atoms with Gasteiger partial charge in [-0.05, 0) is 19.1 Å². The number of ether oxygens (including phenoxy) is 2. The maximum absolute atomic E-state index is 12.0. The Kier molecular flexibility index (Phi) is 3.43. The fourth-order valence-electron chi connectivity index (χ4n) is 1.68. The van der Waals surface area contributed by atoms with Crippen LogP contribution < -0.4 is 9.47 Å². The molecule has 2 rings (SSSR count). The van der Waals surface area contributed by atoms with Crippen LogP contribution in [0.3, 0.4) is 0 Å². The zero-order valence-corrected chi connectivity index (χ0v) is 10.7. The molecular weight excluding hydrogens is 254 g/mol. The van der Waals surface area contributed by atoms with Crippen molar-refractivity contribution < 1.29 is 17.9 Å². The van der Waals surface area contributed by atoms with Gasteiger partial charge < -0.3 is 9.47 Å². The van der Waals surface area contributed by atoms with Crippen LogP contribution in [0.1, 0.15) is 6.92 Å². The second-order valence-electron chi connectivity index (χ2n) is 4.12. The van der Waals surface area contributed by atoms with Gasteiger partial charge in [-0.25, -0.2) is 8.42 Å². The molecule has 96 valence electrons. The van der Waals surface area contributed by atoms with Crippen molar-refractivity contribution in [1.82, 2.24) is 0 Å². The monoisotopic (exact) mass is 267 g/mol. The topological polar surface area (TPSA) is 76.4 Å². The van der Waals surface area contributed by atoms with E-state index in [1.807, 2.05) is 6.07 Å². The van der Waals surface area contributed by atoms with Gasteiger partial charge in [0, 0.05) is 6.07 Å². The first-order valence-corrected chi connectivity index (χ1v) is 7.20. The lowest BCUT2D eigenvalue weighted by atomic mass is 10.3. The highest BCUT2D eigenvalue weighted by Crippen LogP contribution is 2.32. The number of benzene rings is 1. The molecule has 0 saturated heterocycles. The van der Waals surface area contributed by atoms with Gasteiger partial charge in [-0.15, -0.1) is 0 Å². The van der Waals surface area contributed by atoms with Gasteiger partial charge in [0.15, 0.2) is 21.3 Å². The summed E-state index contributed by atoms with van der Waals surface area (Å²) in [7, 11) is -3.46. The fourth-order valence-corrected chi connectivity index (χ4v) is 3.17. The second-order valence-corrected chi connectivity index (χ2v) is 6.15. The van der Waals surface area contributed by atoms with Crippen molar-refractivity contribution in [2.45, 2.75) is 11.8 Å². The first kappa shape index (κ1) is 12.7. The van der Waals surface area contributed by atoms with Gasteiger partial charge in [0.2, 0.25) is 0 Å². The molecule has 1 aromatic rings. The Hall–Kier alpha value is -1.74. The van der Waals surface area contributed by atoms with Gasteiger partial charge in [-0.1, -0.05) is 0 Å². The van der Waals surface area contributed by atoms with E-state index in [9.17, 15) is 8.42 Å². The van der Waals surface area contributed by atoms with E-state index >= 15 is 0 Å². The number of hydrogen-bond donors (Lipinski definition) is 0. The number of rotatable bonds is 3. The molecule has 0 amide bonds. The van der Waals surface area contributed by atoms with Crippen LogP contribution in [-0.4, -0.2) is 27.4 Å². The number of nitriles is 1. The summed E-state index contributed by atoms with van der Waals surface area (Å²) in [4.78, 5) is 0.161. The Morgan fingerprint density at radius 1 is 1.33 bits per heavy atom. The maximum Gasteiger partial charge on any atom is 0.179 e. The lowest BCUT2D eigenvalue weighted by Gasteiger charge is -2.18. The molecule has 5 nitrogen and oxygen atoms in total.